The molecule has 0 unspecified atom stereocenters. The van der Waals surface area contributed by atoms with Gasteiger partial charge in [0, 0.05) is 22.0 Å². The zero-order valence-electron chi connectivity index (χ0n) is 25.3. The van der Waals surface area contributed by atoms with Gasteiger partial charge < -0.3 is 10.7 Å². The molecule has 1 amide bonds. The summed E-state index contributed by atoms with van der Waals surface area (Å²) in [5, 5.41) is 1.44. The van der Waals surface area contributed by atoms with Crippen LogP contribution < -0.4 is 5.73 Å². The van der Waals surface area contributed by atoms with Crippen LogP contribution in [0.5, 0.6) is 0 Å². The number of carbonyl (C=O) groups excluding carboxylic acids is 1. The van der Waals surface area contributed by atoms with Gasteiger partial charge in [-0.1, -0.05) is 65.0 Å². The maximum atomic E-state index is 13.2. The van der Waals surface area contributed by atoms with E-state index in [-0.39, 0.29) is 33.0 Å². The number of para-hydroxylation sites is 1. The number of nitrogens with one attached hydrogen (secondary N) is 1. The normalized spacial score (nSPS) is 45.9. The van der Waals surface area contributed by atoms with Crippen LogP contribution in [0.1, 0.15) is 104 Å². The lowest BCUT2D eigenvalue weighted by molar-refractivity contribution is -0.224. The summed E-state index contributed by atoms with van der Waals surface area (Å²) in [6, 6.07) is 8.98. The minimum atomic E-state index is -0.316. The molecule has 5 aliphatic rings. The van der Waals surface area contributed by atoms with Crippen LogP contribution in [0.2, 0.25) is 0 Å². The summed E-state index contributed by atoms with van der Waals surface area (Å²) in [7, 11) is 0. The van der Waals surface area contributed by atoms with Crippen LogP contribution in [0, 0.1) is 51.2 Å². The molecule has 39 heavy (non-hydrogen) atoms. The third kappa shape index (κ3) is 2.93. The maximum Gasteiger partial charge on any atom is 0.223 e. The first kappa shape index (κ1) is 25.9. The topological polar surface area (TPSA) is 58.9 Å². The second kappa shape index (κ2) is 7.83. The molecule has 4 fully saturated rings. The predicted molar refractivity (Wildman–Crippen MR) is 160 cm³/mol. The molecule has 9 atom stereocenters. The Labute approximate surface area is 235 Å². The van der Waals surface area contributed by atoms with Crippen LogP contribution in [-0.2, 0) is 16.6 Å². The van der Waals surface area contributed by atoms with Crippen molar-refractivity contribution in [2.75, 3.05) is 0 Å². The van der Waals surface area contributed by atoms with E-state index < -0.39 is 0 Å². The summed E-state index contributed by atoms with van der Waals surface area (Å²) in [6.07, 6.45) is 10.5. The van der Waals surface area contributed by atoms with E-state index in [9.17, 15) is 4.79 Å². The van der Waals surface area contributed by atoms with Crippen LogP contribution in [0.25, 0.3) is 10.9 Å². The number of rotatable bonds is 2. The van der Waals surface area contributed by atoms with Crippen molar-refractivity contribution in [1.29, 1.82) is 0 Å². The van der Waals surface area contributed by atoms with Gasteiger partial charge in [0.05, 0.1) is 5.41 Å². The molecule has 1 aromatic heterocycles. The van der Waals surface area contributed by atoms with Gasteiger partial charge in [-0.15, -0.1) is 0 Å². The Bertz CT molecular complexity index is 1380. The molecular weight excluding hydrogens is 476 g/mol. The summed E-state index contributed by atoms with van der Waals surface area (Å²) in [4.78, 5) is 17.1. The van der Waals surface area contributed by atoms with Crippen molar-refractivity contribution < 1.29 is 4.79 Å². The summed E-state index contributed by atoms with van der Waals surface area (Å²) in [5.74, 6) is 2.71. The van der Waals surface area contributed by atoms with E-state index in [1.165, 1.54) is 54.3 Å². The first-order valence-electron chi connectivity index (χ1n) is 15.9. The number of carbonyl (C=O) groups is 1. The van der Waals surface area contributed by atoms with Gasteiger partial charge in [0.1, 0.15) is 0 Å². The van der Waals surface area contributed by atoms with E-state index in [1.54, 1.807) is 5.56 Å². The number of allylic oxidation sites excluding steroid dienone is 1. The summed E-state index contributed by atoms with van der Waals surface area (Å²) < 4.78 is 0. The fourth-order valence-corrected chi connectivity index (χ4v) is 12.9. The molecule has 1 aromatic carbocycles. The number of fused-ring (bicyclic) bond motifs is 10. The van der Waals surface area contributed by atoms with Crippen LogP contribution >= 0.6 is 0 Å². The second-order valence-electron chi connectivity index (χ2n) is 16.1. The van der Waals surface area contributed by atoms with Gasteiger partial charge in [-0.05, 0) is 122 Å². The minimum Gasteiger partial charge on any atom is -0.369 e. The van der Waals surface area contributed by atoms with Gasteiger partial charge in [-0.2, -0.15) is 0 Å². The number of H-pyrrole nitrogens is 1. The van der Waals surface area contributed by atoms with E-state index in [2.05, 4.69) is 77.4 Å². The highest BCUT2D eigenvalue weighted by molar-refractivity contribution is 5.85. The Hall–Kier alpha value is -2.03. The number of hydrogen-bond acceptors (Lipinski definition) is 1. The average molecular weight is 527 g/mol. The lowest BCUT2D eigenvalue weighted by Crippen LogP contribution is -2.67. The van der Waals surface area contributed by atoms with E-state index >= 15 is 0 Å². The summed E-state index contributed by atoms with van der Waals surface area (Å²) in [6.45, 7) is 19.7. The SMILES string of the molecule is C=C(C)[C@@H]1CC[C@]2(C(N)=O)CC[C@]3(C)[C@H](CC[C@@H]4[C@@]5(C)Cc6c([nH]c7ccccc67)C(C)(C)[C@@H]5CC[C@]43C)[C@@H]12. The van der Waals surface area contributed by atoms with Gasteiger partial charge >= 0.3 is 0 Å². The van der Waals surface area contributed by atoms with Crippen molar-refractivity contribution in [3.8, 4) is 0 Å². The van der Waals surface area contributed by atoms with Crippen LogP contribution in [0.4, 0.5) is 0 Å². The zero-order valence-corrected chi connectivity index (χ0v) is 25.3. The molecule has 0 saturated heterocycles. The number of primary amides is 1. The molecule has 7 rings (SSSR count). The number of aromatic amines is 1. The molecule has 0 spiro atoms. The summed E-state index contributed by atoms with van der Waals surface area (Å²) in [5.41, 5.74) is 12.5. The van der Waals surface area contributed by atoms with Crippen molar-refractivity contribution in [2.45, 2.75) is 105 Å². The lowest BCUT2D eigenvalue weighted by atomic mass is 9.32. The molecule has 4 saturated carbocycles. The van der Waals surface area contributed by atoms with Crippen LogP contribution in [-0.4, -0.2) is 10.9 Å². The van der Waals surface area contributed by atoms with Crippen molar-refractivity contribution in [2.24, 2.45) is 57.0 Å². The highest BCUT2D eigenvalue weighted by Gasteiger charge is 2.71. The molecule has 3 N–H and O–H groups in total. The molecule has 5 aliphatic carbocycles. The molecule has 0 radical (unpaired) electrons. The number of nitrogens with two attached hydrogens (primary N) is 1. The molecule has 0 bridgehead atoms. The highest BCUT2D eigenvalue weighted by Crippen LogP contribution is 2.77. The fraction of sp³-hybridized carbons (Fsp3) is 0.694. The molecule has 1 heterocycles. The van der Waals surface area contributed by atoms with Crippen molar-refractivity contribution >= 4 is 16.8 Å². The van der Waals surface area contributed by atoms with Crippen LogP contribution in [0.15, 0.2) is 36.4 Å². The predicted octanol–water partition coefficient (Wildman–Crippen LogP) is 8.32. The molecule has 210 valence electrons. The fourth-order valence-electron chi connectivity index (χ4n) is 12.9. The Balaban J connectivity index is 1.33. The lowest BCUT2D eigenvalue weighted by Gasteiger charge is -2.72. The smallest absolute Gasteiger partial charge is 0.223 e. The highest BCUT2D eigenvalue weighted by atomic mass is 16.1. The monoisotopic (exact) mass is 526 g/mol. The van der Waals surface area contributed by atoms with Gasteiger partial charge in [-0.3, -0.25) is 4.79 Å². The van der Waals surface area contributed by atoms with Gasteiger partial charge in [0.2, 0.25) is 5.91 Å². The number of benzene rings is 1. The van der Waals surface area contributed by atoms with Crippen molar-refractivity contribution in [1.82, 2.24) is 4.98 Å². The average Bonchev–Trinajstić information content (AvgIpc) is 3.45. The summed E-state index contributed by atoms with van der Waals surface area (Å²) >= 11 is 0. The van der Waals surface area contributed by atoms with Gasteiger partial charge in [0.15, 0.2) is 0 Å². The Morgan fingerprint density at radius 3 is 2.38 bits per heavy atom. The maximum absolute atomic E-state index is 13.2. The van der Waals surface area contributed by atoms with E-state index in [0.717, 1.165) is 25.7 Å². The van der Waals surface area contributed by atoms with Crippen LogP contribution in [0.3, 0.4) is 0 Å². The third-order valence-corrected chi connectivity index (χ3v) is 14.7. The Kier molecular flexibility index (Phi) is 5.20. The molecule has 2 aromatic rings. The number of aromatic nitrogens is 1. The Morgan fingerprint density at radius 1 is 0.923 bits per heavy atom. The number of hydrogen-bond donors (Lipinski definition) is 2. The van der Waals surface area contributed by atoms with Gasteiger partial charge in [0.25, 0.3) is 0 Å². The largest absolute Gasteiger partial charge is 0.369 e. The molecule has 3 heteroatoms. The van der Waals surface area contributed by atoms with E-state index in [1.807, 2.05) is 0 Å². The molecule has 3 nitrogen and oxygen atoms in total. The number of amides is 1. The van der Waals surface area contributed by atoms with Gasteiger partial charge in [-0.25, -0.2) is 0 Å². The first-order valence-corrected chi connectivity index (χ1v) is 15.9. The third-order valence-electron chi connectivity index (χ3n) is 14.7. The van der Waals surface area contributed by atoms with E-state index in [4.69, 9.17) is 5.73 Å². The minimum absolute atomic E-state index is 0.0258. The zero-order chi connectivity index (χ0) is 27.8. The quantitative estimate of drug-likeness (QED) is 0.380. The second-order valence-corrected chi connectivity index (χ2v) is 16.1. The first-order chi connectivity index (χ1) is 18.3. The Morgan fingerprint density at radius 2 is 1.67 bits per heavy atom. The standard InChI is InChI=1S/C36H50N2O/c1-21(2)22-14-17-36(31(37)39)19-18-34(6)25(29(22)36)12-13-28-33(5)20-24-23-10-8-9-11-26(23)38-30(24)32(3,4)27(33)15-16-35(28,34)7/h8-11,22,25,27-29,38H,1,12-20H2,2-7H3,(H2,37,39)/t22-,25+,27-,28+,29+,33-,34+,35+,36-/m0/s1. The van der Waals surface area contributed by atoms with Crippen molar-refractivity contribution in [3.05, 3.63) is 47.7 Å². The molecular formula is C36H50N2O. The molecule has 0 aliphatic heterocycles. The van der Waals surface area contributed by atoms with E-state index in [0.29, 0.717) is 29.6 Å². The van der Waals surface area contributed by atoms with Crippen molar-refractivity contribution in [3.63, 3.8) is 0 Å².